The molecule has 6 heteroatoms. The normalized spacial score (nSPS) is 14.2. The second kappa shape index (κ2) is 11.5. The van der Waals surface area contributed by atoms with Crippen LogP contribution in [0, 0.1) is 24.7 Å². The lowest BCUT2D eigenvalue weighted by Crippen LogP contribution is -2.35. The van der Waals surface area contributed by atoms with Crippen LogP contribution in [0.1, 0.15) is 75.1 Å². The molecule has 0 unspecified atom stereocenters. The number of piperidine rings is 1. The van der Waals surface area contributed by atoms with E-state index in [1.807, 2.05) is 13.0 Å². The fourth-order valence-electron chi connectivity index (χ4n) is 3.96. The fourth-order valence-corrected chi connectivity index (χ4v) is 3.96. The predicted molar refractivity (Wildman–Crippen MR) is 125 cm³/mol. The lowest BCUT2D eigenvalue weighted by Gasteiger charge is -2.33. The van der Waals surface area contributed by atoms with E-state index < -0.39 is 0 Å². The predicted octanol–water partition coefficient (Wildman–Crippen LogP) is 4.31. The topological polar surface area (TPSA) is 85.0 Å². The number of pyridine rings is 1. The Labute approximate surface area is 185 Å². The number of unbranched alkanes of at least 4 members (excludes halogenated alkanes) is 2. The van der Waals surface area contributed by atoms with Crippen molar-refractivity contribution in [2.75, 3.05) is 23.7 Å². The van der Waals surface area contributed by atoms with Gasteiger partial charge in [0.1, 0.15) is 23.7 Å². The summed E-state index contributed by atoms with van der Waals surface area (Å²) in [7, 11) is 0. The molecule has 3 rings (SSSR count). The number of nitrogens with zero attached hydrogens (tertiary/aromatic N) is 4. The van der Waals surface area contributed by atoms with Crippen LogP contribution in [-0.4, -0.2) is 33.8 Å². The Morgan fingerprint density at radius 2 is 1.94 bits per heavy atom. The number of nitrogens with two attached hydrogens (primary N) is 1. The molecule has 2 N–H and O–H groups in total. The Kier molecular flexibility index (Phi) is 8.40. The SMILES string of the molecule is CCCCCC(=O)CCC1CCN(c2ncnc(C)c2C#Cc2ccc(N)nc2)CC1. The number of ketones is 1. The van der Waals surface area contributed by atoms with Crippen molar-refractivity contribution in [3.8, 4) is 11.8 Å². The van der Waals surface area contributed by atoms with Crippen molar-refractivity contribution in [2.45, 2.75) is 65.2 Å². The zero-order valence-corrected chi connectivity index (χ0v) is 18.7. The van der Waals surface area contributed by atoms with Crippen molar-refractivity contribution < 1.29 is 4.79 Å². The van der Waals surface area contributed by atoms with Crippen molar-refractivity contribution >= 4 is 17.4 Å². The average Bonchev–Trinajstić information content (AvgIpc) is 2.78. The molecule has 1 saturated heterocycles. The van der Waals surface area contributed by atoms with Gasteiger partial charge in [-0.15, -0.1) is 0 Å². The summed E-state index contributed by atoms with van der Waals surface area (Å²) in [5.41, 5.74) is 8.20. The standard InChI is InChI=1S/C25H33N5O/c1-3-4-5-6-22(31)10-7-20-13-15-30(16-14-20)25-23(19(2)28-18-29-25)11-8-21-9-12-24(26)27-17-21/h9,12,17-18,20H,3-7,10,13-16H2,1-2H3,(H2,26,27). The molecule has 31 heavy (non-hydrogen) atoms. The number of carbonyl (C=O) groups excluding carboxylic acids is 1. The van der Waals surface area contributed by atoms with E-state index in [-0.39, 0.29) is 0 Å². The van der Waals surface area contributed by atoms with Gasteiger partial charge < -0.3 is 10.6 Å². The van der Waals surface area contributed by atoms with Gasteiger partial charge in [-0.2, -0.15) is 0 Å². The highest BCUT2D eigenvalue weighted by atomic mass is 16.1. The van der Waals surface area contributed by atoms with Crippen LogP contribution in [0.2, 0.25) is 0 Å². The van der Waals surface area contributed by atoms with Crippen LogP contribution in [-0.2, 0) is 4.79 Å². The molecule has 0 amide bonds. The van der Waals surface area contributed by atoms with E-state index in [9.17, 15) is 4.79 Å². The minimum absolute atomic E-state index is 0.428. The highest BCUT2D eigenvalue weighted by Gasteiger charge is 2.23. The molecule has 0 atom stereocenters. The summed E-state index contributed by atoms with van der Waals surface area (Å²) in [6.07, 6.45) is 11.3. The lowest BCUT2D eigenvalue weighted by atomic mass is 9.90. The molecule has 1 aliphatic rings. The monoisotopic (exact) mass is 419 g/mol. The van der Waals surface area contributed by atoms with Crippen molar-refractivity contribution in [2.24, 2.45) is 5.92 Å². The molecule has 3 heterocycles. The first-order chi connectivity index (χ1) is 15.1. The van der Waals surface area contributed by atoms with Gasteiger partial charge >= 0.3 is 0 Å². The number of aryl methyl sites for hydroxylation is 1. The minimum Gasteiger partial charge on any atom is -0.384 e. The molecule has 1 fully saturated rings. The largest absolute Gasteiger partial charge is 0.384 e. The van der Waals surface area contributed by atoms with Gasteiger partial charge in [-0.3, -0.25) is 4.79 Å². The number of nitrogen functional groups attached to an aromatic ring is 1. The summed E-state index contributed by atoms with van der Waals surface area (Å²) in [5, 5.41) is 0. The van der Waals surface area contributed by atoms with Gasteiger partial charge in [0.2, 0.25) is 0 Å². The molecule has 0 saturated carbocycles. The van der Waals surface area contributed by atoms with Crippen LogP contribution in [0.25, 0.3) is 0 Å². The second-order valence-electron chi connectivity index (χ2n) is 8.34. The molecule has 2 aromatic heterocycles. The third-order valence-electron chi connectivity index (χ3n) is 5.94. The number of carbonyl (C=O) groups is 1. The number of hydrogen-bond donors (Lipinski definition) is 1. The minimum atomic E-state index is 0.428. The Hall–Kier alpha value is -2.94. The van der Waals surface area contributed by atoms with Gasteiger partial charge in [-0.25, -0.2) is 15.0 Å². The van der Waals surface area contributed by atoms with Crippen LogP contribution in [0.5, 0.6) is 0 Å². The van der Waals surface area contributed by atoms with E-state index in [4.69, 9.17) is 5.73 Å². The zero-order chi connectivity index (χ0) is 22.1. The Balaban J connectivity index is 1.59. The summed E-state index contributed by atoms with van der Waals surface area (Å²) >= 11 is 0. The number of aromatic nitrogens is 3. The van der Waals surface area contributed by atoms with Crippen LogP contribution in [0.15, 0.2) is 24.7 Å². The van der Waals surface area contributed by atoms with Crippen molar-refractivity contribution in [1.29, 1.82) is 0 Å². The van der Waals surface area contributed by atoms with Crippen LogP contribution in [0.3, 0.4) is 0 Å². The summed E-state index contributed by atoms with van der Waals surface area (Å²) in [6.45, 7) is 6.00. The van der Waals surface area contributed by atoms with Gasteiger partial charge in [0.15, 0.2) is 0 Å². The van der Waals surface area contributed by atoms with Gasteiger partial charge in [-0.1, -0.05) is 31.6 Å². The quantitative estimate of drug-likeness (QED) is 0.507. The van der Waals surface area contributed by atoms with E-state index in [0.29, 0.717) is 17.5 Å². The molecule has 2 aromatic rings. The summed E-state index contributed by atoms with van der Waals surface area (Å²) < 4.78 is 0. The van der Waals surface area contributed by atoms with E-state index in [1.54, 1.807) is 18.6 Å². The number of hydrogen-bond acceptors (Lipinski definition) is 6. The maximum Gasteiger partial charge on any atom is 0.148 e. The molecule has 0 aromatic carbocycles. The van der Waals surface area contributed by atoms with E-state index in [1.165, 1.54) is 0 Å². The number of anilines is 2. The van der Waals surface area contributed by atoms with Crippen LogP contribution in [0.4, 0.5) is 11.6 Å². The third kappa shape index (κ3) is 6.78. The Morgan fingerprint density at radius 1 is 1.13 bits per heavy atom. The molecular weight excluding hydrogens is 386 g/mol. The van der Waals surface area contributed by atoms with Gasteiger partial charge in [-0.05, 0) is 50.7 Å². The molecule has 0 bridgehead atoms. The van der Waals surface area contributed by atoms with Gasteiger partial charge in [0.25, 0.3) is 0 Å². The highest BCUT2D eigenvalue weighted by Crippen LogP contribution is 2.27. The fraction of sp³-hybridized carbons (Fsp3) is 0.520. The number of Topliss-reactive ketones (excluding diaryl/α,β-unsaturated/α-hetero) is 1. The molecule has 6 nitrogen and oxygen atoms in total. The molecule has 1 aliphatic heterocycles. The second-order valence-corrected chi connectivity index (χ2v) is 8.34. The average molecular weight is 420 g/mol. The smallest absolute Gasteiger partial charge is 0.148 e. The van der Waals surface area contributed by atoms with Crippen LogP contribution < -0.4 is 10.6 Å². The third-order valence-corrected chi connectivity index (χ3v) is 5.94. The summed E-state index contributed by atoms with van der Waals surface area (Å²) in [4.78, 5) is 27.4. The van der Waals surface area contributed by atoms with E-state index >= 15 is 0 Å². The highest BCUT2D eigenvalue weighted by molar-refractivity contribution is 5.78. The number of rotatable bonds is 8. The Morgan fingerprint density at radius 3 is 2.65 bits per heavy atom. The van der Waals surface area contributed by atoms with Crippen molar-refractivity contribution in [1.82, 2.24) is 15.0 Å². The zero-order valence-electron chi connectivity index (χ0n) is 18.7. The first-order valence-electron chi connectivity index (χ1n) is 11.4. The van der Waals surface area contributed by atoms with E-state index in [0.717, 1.165) is 87.1 Å². The summed E-state index contributed by atoms with van der Waals surface area (Å²) in [5.74, 6) is 8.83. The van der Waals surface area contributed by atoms with Crippen molar-refractivity contribution in [3.05, 3.63) is 41.5 Å². The van der Waals surface area contributed by atoms with Gasteiger partial charge in [0.05, 0.1) is 11.3 Å². The molecular formula is C25H33N5O. The first kappa shape index (κ1) is 22.7. The van der Waals surface area contributed by atoms with E-state index in [2.05, 4.69) is 38.6 Å². The van der Waals surface area contributed by atoms with Crippen molar-refractivity contribution in [3.63, 3.8) is 0 Å². The first-order valence-corrected chi connectivity index (χ1v) is 11.4. The molecule has 164 valence electrons. The maximum atomic E-state index is 12.1. The molecule has 0 radical (unpaired) electrons. The summed E-state index contributed by atoms with van der Waals surface area (Å²) in [6, 6.07) is 3.61. The lowest BCUT2D eigenvalue weighted by molar-refractivity contribution is -0.119. The van der Waals surface area contributed by atoms with Gasteiger partial charge in [0, 0.05) is 37.7 Å². The molecule has 0 spiro atoms. The van der Waals surface area contributed by atoms with Crippen LogP contribution >= 0.6 is 0 Å². The maximum absolute atomic E-state index is 12.1. The Bertz CT molecular complexity index is 921. The molecule has 0 aliphatic carbocycles.